The maximum atomic E-state index is 11.8. The Bertz CT molecular complexity index is 700. The minimum Gasteiger partial charge on any atom is -0.452 e. The predicted octanol–water partition coefficient (Wildman–Crippen LogP) is 3.16. The summed E-state index contributed by atoms with van der Waals surface area (Å²) in [6, 6.07) is 14.4. The van der Waals surface area contributed by atoms with Gasteiger partial charge < -0.3 is 10.1 Å². The first-order valence-corrected chi connectivity index (χ1v) is 7.68. The molecule has 0 saturated heterocycles. The smallest absolute Gasteiger partial charge is 0.338 e. The summed E-state index contributed by atoms with van der Waals surface area (Å²) >= 11 is 5.80. The van der Waals surface area contributed by atoms with Gasteiger partial charge in [0.1, 0.15) is 0 Å². The van der Waals surface area contributed by atoms with E-state index in [-0.39, 0.29) is 12.5 Å². The topological polar surface area (TPSA) is 55.4 Å². The van der Waals surface area contributed by atoms with Gasteiger partial charge in [0, 0.05) is 11.6 Å². The third-order valence-electron chi connectivity index (χ3n) is 3.37. The van der Waals surface area contributed by atoms with Gasteiger partial charge in [-0.2, -0.15) is 0 Å². The lowest BCUT2D eigenvalue weighted by Crippen LogP contribution is -2.30. The van der Waals surface area contributed by atoms with Gasteiger partial charge in [0.15, 0.2) is 6.61 Å². The average Bonchev–Trinajstić information content (AvgIpc) is 2.54. The van der Waals surface area contributed by atoms with Crippen molar-refractivity contribution in [3.63, 3.8) is 0 Å². The van der Waals surface area contributed by atoms with Crippen LogP contribution in [0.4, 0.5) is 0 Å². The molecule has 0 radical (unpaired) electrons. The van der Waals surface area contributed by atoms with E-state index in [9.17, 15) is 9.59 Å². The molecule has 0 atom stereocenters. The molecule has 120 valence electrons. The van der Waals surface area contributed by atoms with Gasteiger partial charge in [-0.1, -0.05) is 41.9 Å². The van der Waals surface area contributed by atoms with Crippen molar-refractivity contribution in [1.82, 2.24) is 5.32 Å². The van der Waals surface area contributed by atoms with E-state index < -0.39 is 5.97 Å². The molecule has 0 aliphatic rings. The van der Waals surface area contributed by atoms with Crippen molar-refractivity contribution in [3.05, 3.63) is 70.2 Å². The highest BCUT2D eigenvalue weighted by Crippen LogP contribution is 2.11. The van der Waals surface area contributed by atoms with Crippen molar-refractivity contribution in [2.75, 3.05) is 13.2 Å². The summed E-state index contributed by atoms with van der Waals surface area (Å²) < 4.78 is 4.96. The molecule has 4 nitrogen and oxygen atoms in total. The molecule has 2 rings (SSSR count). The van der Waals surface area contributed by atoms with Crippen LogP contribution >= 0.6 is 11.6 Å². The van der Waals surface area contributed by atoms with E-state index in [4.69, 9.17) is 16.3 Å². The largest absolute Gasteiger partial charge is 0.452 e. The summed E-state index contributed by atoms with van der Waals surface area (Å²) in [6.45, 7) is 2.22. The summed E-state index contributed by atoms with van der Waals surface area (Å²) in [6.07, 6.45) is 0.737. The third kappa shape index (κ3) is 5.42. The van der Waals surface area contributed by atoms with E-state index in [0.29, 0.717) is 17.1 Å². The number of esters is 1. The second kappa shape index (κ2) is 8.34. The Hall–Kier alpha value is -2.33. The minimum atomic E-state index is -0.568. The van der Waals surface area contributed by atoms with Crippen LogP contribution in [0.5, 0.6) is 0 Å². The molecule has 0 heterocycles. The fourth-order valence-corrected chi connectivity index (χ4v) is 2.30. The number of carbonyl (C=O) groups is 2. The van der Waals surface area contributed by atoms with E-state index in [0.717, 1.165) is 6.42 Å². The third-order valence-corrected chi connectivity index (χ3v) is 3.61. The van der Waals surface area contributed by atoms with Crippen LogP contribution in [-0.2, 0) is 16.0 Å². The molecular formula is C18H18ClNO3. The van der Waals surface area contributed by atoms with E-state index in [1.807, 2.05) is 31.2 Å². The lowest BCUT2D eigenvalue weighted by Gasteiger charge is -2.08. The monoisotopic (exact) mass is 331 g/mol. The molecule has 2 aromatic rings. The first-order valence-electron chi connectivity index (χ1n) is 7.30. The van der Waals surface area contributed by atoms with Crippen LogP contribution < -0.4 is 5.32 Å². The van der Waals surface area contributed by atoms with Gasteiger partial charge in [-0.15, -0.1) is 0 Å². The number of rotatable bonds is 6. The summed E-state index contributed by atoms with van der Waals surface area (Å²) in [5.41, 5.74) is 2.70. The van der Waals surface area contributed by atoms with E-state index in [1.165, 1.54) is 17.2 Å². The molecule has 0 unspecified atom stereocenters. The van der Waals surface area contributed by atoms with Gasteiger partial charge in [0.05, 0.1) is 5.56 Å². The molecule has 5 heteroatoms. The zero-order valence-electron chi connectivity index (χ0n) is 12.8. The van der Waals surface area contributed by atoms with E-state index >= 15 is 0 Å². The Labute approximate surface area is 140 Å². The molecule has 0 spiro atoms. The average molecular weight is 332 g/mol. The summed E-state index contributed by atoms with van der Waals surface area (Å²) in [4.78, 5) is 23.5. The minimum absolute atomic E-state index is 0.306. The molecule has 1 N–H and O–H groups in total. The van der Waals surface area contributed by atoms with E-state index in [2.05, 4.69) is 5.32 Å². The lowest BCUT2D eigenvalue weighted by atomic mass is 10.1. The molecule has 23 heavy (non-hydrogen) atoms. The molecule has 0 bridgehead atoms. The van der Waals surface area contributed by atoms with Gasteiger partial charge in [-0.3, -0.25) is 4.79 Å². The fraction of sp³-hybridized carbons (Fsp3) is 0.222. The molecule has 0 aliphatic carbocycles. The van der Waals surface area contributed by atoms with Gasteiger partial charge in [-0.05, 0) is 42.7 Å². The molecular weight excluding hydrogens is 314 g/mol. The second-order valence-corrected chi connectivity index (χ2v) is 5.55. The highest BCUT2D eigenvalue weighted by Gasteiger charge is 2.10. The van der Waals surface area contributed by atoms with Crippen LogP contribution in [-0.4, -0.2) is 25.0 Å². The quantitative estimate of drug-likeness (QED) is 0.827. The maximum Gasteiger partial charge on any atom is 0.338 e. The zero-order chi connectivity index (χ0) is 16.7. The first-order chi connectivity index (χ1) is 11.1. The van der Waals surface area contributed by atoms with Crippen LogP contribution in [0.1, 0.15) is 21.5 Å². The lowest BCUT2D eigenvalue weighted by molar-refractivity contribution is -0.124. The van der Waals surface area contributed by atoms with Crippen molar-refractivity contribution < 1.29 is 14.3 Å². The van der Waals surface area contributed by atoms with Gasteiger partial charge in [-0.25, -0.2) is 4.79 Å². The summed E-state index contributed by atoms with van der Waals surface area (Å²) in [5.74, 6) is -0.893. The number of nitrogens with one attached hydrogen (secondary N) is 1. The molecule has 2 aromatic carbocycles. The Morgan fingerprint density at radius 2 is 1.91 bits per heavy atom. The summed E-state index contributed by atoms with van der Waals surface area (Å²) in [5, 5.41) is 3.18. The molecule has 0 saturated carbocycles. The van der Waals surface area contributed by atoms with Crippen molar-refractivity contribution in [2.24, 2.45) is 0 Å². The zero-order valence-corrected chi connectivity index (χ0v) is 13.6. The number of ether oxygens (including phenoxy) is 1. The first kappa shape index (κ1) is 17.0. The van der Waals surface area contributed by atoms with Crippen molar-refractivity contribution in [3.8, 4) is 0 Å². The number of hydrogen-bond donors (Lipinski definition) is 1. The Kier molecular flexibility index (Phi) is 6.18. The predicted molar refractivity (Wildman–Crippen MR) is 89.6 cm³/mol. The number of hydrogen-bond acceptors (Lipinski definition) is 3. The maximum absolute atomic E-state index is 11.8. The Balaban J connectivity index is 1.73. The van der Waals surface area contributed by atoms with Crippen molar-refractivity contribution in [2.45, 2.75) is 13.3 Å². The number of aryl methyl sites for hydroxylation is 1. The standard InChI is InChI=1S/C18H18ClNO3/c1-13-5-2-3-6-14(13)9-10-20-17(21)12-23-18(22)15-7-4-8-16(19)11-15/h2-8,11H,9-10,12H2,1H3,(H,20,21). The van der Waals surface area contributed by atoms with Gasteiger partial charge in [0.2, 0.25) is 0 Å². The van der Waals surface area contributed by atoms with Gasteiger partial charge >= 0.3 is 5.97 Å². The van der Waals surface area contributed by atoms with Crippen LogP contribution in [0.3, 0.4) is 0 Å². The molecule has 0 aliphatic heterocycles. The van der Waals surface area contributed by atoms with Crippen LogP contribution in [0.2, 0.25) is 5.02 Å². The Morgan fingerprint density at radius 1 is 1.13 bits per heavy atom. The fourth-order valence-electron chi connectivity index (χ4n) is 2.11. The SMILES string of the molecule is Cc1ccccc1CCNC(=O)COC(=O)c1cccc(Cl)c1. The highest BCUT2D eigenvalue weighted by molar-refractivity contribution is 6.30. The van der Waals surface area contributed by atoms with Crippen molar-refractivity contribution in [1.29, 1.82) is 0 Å². The summed E-state index contributed by atoms with van der Waals surface area (Å²) in [7, 11) is 0. The molecule has 1 amide bonds. The Morgan fingerprint density at radius 3 is 2.65 bits per heavy atom. The number of halogens is 1. The second-order valence-electron chi connectivity index (χ2n) is 5.11. The number of amides is 1. The highest BCUT2D eigenvalue weighted by atomic mass is 35.5. The number of carbonyl (C=O) groups excluding carboxylic acids is 2. The van der Waals surface area contributed by atoms with Crippen molar-refractivity contribution >= 4 is 23.5 Å². The van der Waals surface area contributed by atoms with E-state index in [1.54, 1.807) is 18.2 Å². The van der Waals surface area contributed by atoms with Gasteiger partial charge in [0.25, 0.3) is 5.91 Å². The van der Waals surface area contributed by atoms with Crippen LogP contribution in [0.25, 0.3) is 0 Å². The number of benzene rings is 2. The molecule has 0 fully saturated rings. The van der Waals surface area contributed by atoms with Crippen LogP contribution in [0.15, 0.2) is 48.5 Å². The van der Waals surface area contributed by atoms with Crippen LogP contribution in [0, 0.1) is 6.92 Å². The normalized spacial score (nSPS) is 10.2. The molecule has 0 aromatic heterocycles.